The minimum atomic E-state index is -3.18. The summed E-state index contributed by atoms with van der Waals surface area (Å²) in [5.74, 6) is -0.260. The molecule has 2 aromatic rings. The van der Waals surface area contributed by atoms with Crippen molar-refractivity contribution in [3.63, 3.8) is 0 Å². The molecule has 2 aromatic carbocycles. The van der Waals surface area contributed by atoms with Gasteiger partial charge in [0.15, 0.2) is 16.4 Å². The molecule has 1 fully saturated rings. The maximum Gasteiger partial charge on any atom is 0.261 e. The van der Waals surface area contributed by atoms with E-state index in [4.69, 9.17) is 4.74 Å². The highest BCUT2D eigenvalue weighted by Crippen LogP contribution is 2.22. The van der Waals surface area contributed by atoms with Gasteiger partial charge in [0.25, 0.3) is 5.91 Å². The van der Waals surface area contributed by atoms with Crippen molar-refractivity contribution < 1.29 is 22.3 Å². The summed E-state index contributed by atoms with van der Waals surface area (Å²) in [5.41, 5.74) is 2.40. The van der Waals surface area contributed by atoms with E-state index in [0.29, 0.717) is 17.7 Å². The third-order valence-corrected chi connectivity index (χ3v) is 6.58. The van der Waals surface area contributed by atoms with Crippen molar-refractivity contribution in [2.75, 3.05) is 18.1 Å². The highest BCUT2D eigenvalue weighted by Gasteiger charge is 2.35. The van der Waals surface area contributed by atoms with Crippen LogP contribution in [0.4, 0.5) is 4.39 Å². The van der Waals surface area contributed by atoms with Crippen LogP contribution in [0.15, 0.2) is 42.5 Å². The minimum Gasteiger partial charge on any atom is -0.484 e. The van der Waals surface area contributed by atoms with Gasteiger partial charge in [-0.1, -0.05) is 24.3 Å². The Morgan fingerprint density at radius 3 is 2.46 bits per heavy atom. The van der Waals surface area contributed by atoms with Crippen LogP contribution in [0.2, 0.25) is 0 Å². The number of hydrogen-bond donors (Lipinski definition) is 0. The van der Waals surface area contributed by atoms with Crippen molar-refractivity contribution in [2.24, 2.45) is 0 Å². The number of benzene rings is 2. The number of carbonyl (C=O) groups excluding carboxylic acids is 1. The van der Waals surface area contributed by atoms with Gasteiger partial charge in [-0.05, 0) is 49.6 Å². The van der Waals surface area contributed by atoms with Crippen LogP contribution in [0, 0.1) is 19.7 Å². The van der Waals surface area contributed by atoms with E-state index in [1.807, 2.05) is 32.0 Å². The number of nitrogens with zero attached hydrogens (tertiary/aromatic N) is 1. The zero-order valence-electron chi connectivity index (χ0n) is 16.0. The topological polar surface area (TPSA) is 63.7 Å². The summed E-state index contributed by atoms with van der Waals surface area (Å²) in [5, 5.41) is 0. The third-order valence-electron chi connectivity index (χ3n) is 4.83. The summed E-state index contributed by atoms with van der Waals surface area (Å²) in [7, 11) is -3.18. The molecule has 0 spiro atoms. The summed E-state index contributed by atoms with van der Waals surface area (Å²) in [6.07, 6.45) is 0.353. The quantitative estimate of drug-likeness (QED) is 0.741. The maximum absolute atomic E-state index is 14.1. The number of rotatable bonds is 6. The molecule has 0 N–H and O–H groups in total. The molecule has 1 heterocycles. The normalized spacial score (nSPS) is 18.0. The van der Waals surface area contributed by atoms with Crippen LogP contribution in [0.5, 0.6) is 5.75 Å². The monoisotopic (exact) mass is 405 g/mol. The molecule has 0 aromatic heterocycles. The Bertz CT molecular complexity index is 954. The Morgan fingerprint density at radius 1 is 1.18 bits per heavy atom. The van der Waals surface area contributed by atoms with Crippen LogP contribution in [-0.2, 0) is 21.2 Å². The second kappa shape index (κ2) is 8.31. The molecule has 1 aliphatic heterocycles. The van der Waals surface area contributed by atoms with Crippen LogP contribution in [0.1, 0.15) is 23.1 Å². The van der Waals surface area contributed by atoms with E-state index in [0.717, 1.165) is 11.1 Å². The molecule has 0 saturated carbocycles. The number of aryl methyl sites for hydroxylation is 2. The zero-order chi connectivity index (χ0) is 20.3. The molecule has 1 atom stereocenters. The summed E-state index contributed by atoms with van der Waals surface area (Å²) in [6.45, 7) is 3.67. The van der Waals surface area contributed by atoms with Crippen molar-refractivity contribution in [1.82, 2.24) is 4.90 Å². The summed E-state index contributed by atoms with van der Waals surface area (Å²) < 4.78 is 43.6. The smallest absolute Gasteiger partial charge is 0.261 e. The van der Waals surface area contributed by atoms with Gasteiger partial charge in [-0.3, -0.25) is 4.79 Å². The summed E-state index contributed by atoms with van der Waals surface area (Å²) in [4.78, 5) is 14.3. The molecule has 1 saturated heterocycles. The molecular weight excluding hydrogens is 381 g/mol. The summed E-state index contributed by atoms with van der Waals surface area (Å²) in [6, 6.07) is 11.4. The van der Waals surface area contributed by atoms with E-state index in [9.17, 15) is 17.6 Å². The average Bonchev–Trinajstić information content (AvgIpc) is 2.98. The molecule has 3 rings (SSSR count). The van der Waals surface area contributed by atoms with E-state index < -0.39 is 21.7 Å². The van der Waals surface area contributed by atoms with E-state index in [1.165, 1.54) is 11.0 Å². The highest BCUT2D eigenvalue weighted by atomic mass is 32.2. The Kier molecular flexibility index (Phi) is 6.03. The first kappa shape index (κ1) is 20.3. The van der Waals surface area contributed by atoms with Gasteiger partial charge in [0.2, 0.25) is 0 Å². The zero-order valence-corrected chi connectivity index (χ0v) is 16.8. The van der Waals surface area contributed by atoms with E-state index in [2.05, 4.69) is 0 Å². The van der Waals surface area contributed by atoms with E-state index in [-0.39, 0.29) is 30.6 Å². The fraction of sp³-hybridized carbons (Fsp3) is 0.381. The number of hydrogen-bond acceptors (Lipinski definition) is 4. The van der Waals surface area contributed by atoms with Gasteiger partial charge < -0.3 is 9.64 Å². The summed E-state index contributed by atoms with van der Waals surface area (Å²) >= 11 is 0. The number of ether oxygens (including phenoxy) is 1. The third kappa shape index (κ3) is 5.10. The van der Waals surface area contributed by atoms with Gasteiger partial charge in [-0.2, -0.15) is 0 Å². The first-order valence-electron chi connectivity index (χ1n) is 9.18. The van der Waals surface area contributed by atoms with Crippen molar-refractivity contribution in [3.8, 4) is 5.75 Å². The molecule has 5 nitrogen and oxygen atoms in total. The lowest BCUT2D eigenvalue weighted by atomic mass is 10.1. The first-order chi connectivity index (χ1) is 13.2. The lowest BCUT2D eigenvalue weighted by Crippen LogP contribution is -2.43. The van der Waals surface area contributed by atoms with Crippen molar-refractivity contribution in [3.05, 3.63) is 65.0 Å². The van der Waals surface area contributed by atoms with Crippen LogP contribution in [-0.4, -0.2) is 43.4 Å². The van der Waals surface area contributed by atoms with Crippen LogP contribution in [0.25, 0.3) is 0 Å². The van der Waals surface area contributed by atoms with Crippen LogP contribution >= 0.6 is 0 Å². The Balaban J connectivity index is 1.77. The van der Waals surface area contributed by atoms with E-state index >= 15 is 0 Å². The Morgan fingerprint density at radius 2 is 1.86 bits per heavy atom. The van der Waals surface area contributed by atoms with Gasteiger partial charge in [0.05, 0.1) is 11.5 Å². The van der Waals surface area contributed by atoms with E-state index in [1.54, 1.807) is 18.2 Å². The predicted molar refractivity (Wildman–Crippen MR) is 105 cm³/mol. The largest absolute Gasteiger partial charge is 0.484 e. The molecule has 150 valence electrons. The van der Waals surface area contributed by atoms with Gasteiger partial charge in [0.1, 0.15) is 11.6 Å². The highest BCUT2D eigenvalue weighted by molar-refractivity contribution is 7.91. The van der Waals surface area contributed by atoms with Gasteiger partial charge in [0, 0.05) is 18.2 Å². The van der Waals surface area contributed by atoms with Gasteiger partial charge in [-0.15, -0.1) is 0 Å². The standard InChI is InChI=1S/C21H24FNO4S/c1-15-9-16(2)11-19(10-15)27-13-21(24)23(18-7-8-28(25,26)14-18)12-17-5-3-4-6-20(17)22/h3-6,9-11,18H,7-8,12-14H2,1-2H3/t18-/m0/s1. The number of amides is 1. The van der Waals surface area contributed by atoms with Crippen molar-refractivity contribution in [2.45, 2.75) is 32.9 Å². The van der Waals surface area contributed by atoms with Crippen molar-refractivity contribution >= 4 is 15.7 Å². The molecule has 1 aliphatic rings. The average molecular weight is 405 g/mol. The second-order valence-electron chi connectivity index (χ2n) is 7.28. The minimum absolute atomic E-state index is 0.0158. The molecule has 0 unspecified atom stereocenters. The molecule has 1 amide bonds. The van der Waals surface area contributed by atoms with Crippen molar-refractivity contribution in [1.29, 1.82) is 0 Å². The number of carbonyl (C=O) groups is 1. The molecular formula is C21H24FNO4S. The molecule has 28 heavy (non-hydrogen) atoms. The van der Waals surface area contributed by atoms with Crippen LogP contribution in [0.3, 0.4) is 0 Å². The fourth-order valence-corrected chi connectivity index (χ4v) is 5.23. The molecule has 7 heteroatoms. The molecule has 0 radical (unpaired) electrons. The fourth-order valence-electron chi connectivity index (χ4n) is 3.50. The predicted octanol–water partition coefficient (Wildman–Crippen LogP) is 3.04. The lowest BCUT2D eigenvalue weighted by Gasteiger charge is -2.28. The molecule has 0 aliphatic carbocycles. The molecule has 0 bridgehead atoms. The first-order valence-corrected chi connectivity index (χ1v) is 11.0. The second-order valence-corrected chi connectivity index (χ2v) is 9.51. The number of sulfone groups is 1. The van der Waals surface area contributed by atoms with Crippen LogP contribution < -0.4 is 4.74 Å². The van der Waals surface area contributed by atoms with Gasteiger partial charge >= 0.3 is 0 Å². The Hall–Kier alpha value is -2.41. The van der Waals surface area contributed by atoms with Gasteiger partial charge in [-0.25, -0.2) is 12.8 Å². The maximum atomic E-state index is 14.1. The Labute approximate surface area is 165 Å². The number of halogens is 1. The SMILES string of the molecule is Cc1cc(C)cc(OCC(=O)N(Cc2ccccc2F)[C@H]2CCS(=O)(=O)C2)c1. The lowest BCUT2D eigenvalue weighted by molar-refractivity contribution is -0.136.